The third kappa shape index (κ3) is 5.03. The maximum atomic E-state index is 15.5. The Morgan fingerprint density at radius 1 is 0.403 bits per heavy atom. The van der Waals surface area contributed by atoms with Crippen LogP contribution in [0.5, 0.6) is 23.5 Å². The molecule has 0 fully saturated rings. The van der Waals surface area contributed by atoms with Crippen molar-refractivity contribution in [3.8, 4) is 34.9 Å². The Balaban J connectivity index is 0.867. The lowest BCUT2D eigenvalue weighted by Crippen LogP contribution is -2.55. The standard InChI is InChI=1S/C49H30F6N4O8/c50-48(51,52)47(49(53,54)55,25-5-15-31-33(19-25)41(62)56(39(31)60)27-7-11-29(12-8-27)58-43(64)35-21-1-2-22(17-21)36(35)44(58)65)26-6-16-32-34(20-26)42(63)57(40(32)61)28-9-13-30(14-10-28)59-45(66)37-23-3-4-24(18-23)38(37)46(59)67/h1-16,19-24,64-67H,17-18H2. The van der Waals surface area contributed by atoms with Crippen LogP contribution >= 0.6 is 0 Å². The van der Waals surface area contributed by atoms with E-state index in [1.165, 1.54) is 57.7 Å². The number of imide groups is 2. The van der Waals surface area contributed by atoms with Crippen molar-refractivity contribution in [2.24, 2.45) is 0 Å². The van der Waals surface area contributed by atoms with Crippen molar-refractivity contribution in [1.29, 1.82) is 0 Å². The van der Waals surface area contributed by atoms with Crippen molar-refractivity contribution < 1.29 is 65.9 Å². The van der Waals surface area contributed by atoms with Crippen LogP contribution in [-0.4, -0.2) is 65.5 Å². The first-order valence-electron chi connectivity index (χ1n) is 20.9. The van der Waals surface area contributed by atoms with Crippen LogP contribution in [0.3, 0.4) is 0 Å². The van der Waals surface area contributed by atoms with Crippen molar-refractivity contribution in [1.82, 2.24) is 9.13 Å². The van der Waals surface area contributed by atoms with E-state index in [0.717, 1.165) is 0 Å². The zero-order valence-corrected chi connectivity index (χ0v) is 34.1. The van der Waals surface area contributed by atoms with Crippen LogP contribution in [-0.2, 0) is 5.41 Å². The number of amides is 4. The number of carbonyl (C=O) groups excluding carboxylic acids is 4. The molecule has 0 spiro atoms. The summed E-state index contributed by atoms with van der Waals surface area (Å²) < 4.78 is 95.5. The van der Waals surface area contributed by atoms with Crippen LogP contribution < -0.4 is 9.80 Å². The van der Waals surface area contributed by atoms with E-state index < -0.39 is 74.8 Å². The molecular formula is C49H30F6N4O8. The van der Waals surface area contributed by atoms with Gasteiger partial charge in [0.05, 0.1) is 45.0 Å². The van der Waals surface area contributed by atoms with E-state index in [4.69, 9.17) is 0 Å². The lowest BCUT2D eigenvalue weighted by atomic mass is 9.71. The molecule has 4 unspecified atom stereocenters. The summed E-state index contributed by atoms with van der Waals surface area (Å²) in [4.78, 5) is 56.3. The minimum Gasteiger partial charge on any atom is -0.494 e. The summed E-state index contributed by atoms with van der Waals surface area (Å²) in [6.07, 6.45) is -3.22. The fourth-order valence-electron chi connectivity index (χ4n) is 11.3. The molecule has 67 heavy (non-hydrogen) atoms. The summed E-state index contributed by atoms with van der Waals surface area (Å²) >= 11 is 0. The topological polar surface area (TPSA) is 166 Å². The van der Waals surface area contributed by atoms with Gasteiger partial charge in [0.15, 0.2) is 0 Å². The van der Waals surface area contributed by atoms with Gasteiger partial charge in [0.1, 0.15) is 0 Å². The molecule has 12 nitrogen and oxygen atoms in total. The SMILES string of the molecule is O=C1c2ccc(C(c3ccc4c(c3)C(=O)N(c3ccc(-n5c(O)c6c(c5O)C5C=CC6C5)cc3)C4=O)(C(F)(F)F)C(F)(F)F)cc2C(=O)N1c1ccc(-n2c(O)c3c(c2O)C2C=CC3C2)cc1. The summed E-state index contributed by atoms with van der Waals surface area (Å²) in [5.74, 6) is -5.67. The van der Waals surface area contributed by atoms with Gasteiger partial charge in [0.2, 0.25) is 28.9 Å². The highest BCUT2D eigenvalue weighted by atomic mass is 19.4. The lowest BCUT2D eigenvalue weighted by molar-refractivity contribution is -0.288. The summed E-state index contributed by atoms with van der Waals surface area (Å²) in [5.41, 5.74) is -7.79. The highest BCUT2D eigenvalue weighted by molar-refractivity contribution is 6.35. The zero-order valence-electron chi connectivity index (χ0n) is 34.1. The number of nitrogens with zero attached hydrogens (tertiary/aromatic N) is 4. The van der Waals surface area contributed by atoms with E-state index in [1.54, 1.807) is 0 Å². The van der Waals surface area contributed by atoms with Crippen LogP contribution in [0.15, 0.2) is 109 Å². The number of aromatic hydroxyl groups is 4. The maximum absolute atomic E-state index is 15.5. The van der Waals surface area contributed by atoms with Crippen molar-refractivity contribution in [2.75, 3.05) is 9.80 Å². The molecule has 4 aromatic carbocycles. The zero-order chi connectivity index (χ0) is 47.0. The molecule has 12 rings (SSSR count). The van der Waals surface area contributed by atoms with Crippen molar-refractivity contribution >= 4 is 35.0 Å². The van der Waals surface area contributed by atoms with Crippen molar-refractivity contribution in [3.63, 3.8) is 0 Å². The Hall–Kier alpha value is -8.02. The smallest absolute Gasteiger partial charge is 0.411 e. The number of anilines is 2. The van der Waals surface area contributed by atoms with Gasteiger partial charge in [0.25, 0.3) is 23.6 Å². The molecule has 0 radical (unpaired) electrons. The Morgan fingerprint density at radius 3 is 0.985 bits per heavy atom. The molecule has 6 aliphatic rings. The summed E-state index contributed by atoms with van der Waals surface area (Å²) in [6.45, 7) is 0. The quantitative estimate of drug-likeness (QED) is 0.0729. The minimum atomic E-state index is -6.19. The van der Waals surface area contributed by atoms with Crippen molar-refractivity contribution in [2.45, 2.75) is 54.3 Å². The van der Waals surface area contributed by atoms with E-state index in [9.17, 15) is 39.6 Å². The maximum Gasteiger partial charge on any atom is 0.411 e. The van der Waals surface area contributed by atoms with Gasteiger partial charge in [-0.15, -0.1) is 0 Å². The molecule has 2 aliphatic heterocycles. The van der Waals surface area contributed by atoms with E-state index in [0.29, 0.717) is 81.3 Å². The Bertz CT molecular complexity index is 3050. The molecule has 4 heterocycles. The summed E-state index contributed by atoms with van der Waals surface area (Å²) in [6, 6.07) is 13.6. The summed E-state index contributed by atoms with van der Waals surface area (Å²) in [5, 5.41) is 44.1. The van der Waals surface area contributed by atoms with Gasteiger partial charge in [-0.05, 0) is 96.8 Å². The second-order valence-corrected chi connectivity index (χ2v) is 17.5. The molecule has 4 bridgehead atoms. The largest absolute Gasteiger partial charge is 0.494 e. The number of carbonyl (C=O) groups is 4. The van der Waals surface area contributed by atoms with E-state index in [-0.39, 0.29) is 69.9 Å². The molecule has 6 aromatic rings. The molecule has 336 valence electrons. The predicted octanol–water partition coefficient (Wildman–Crippen LogP) is 9.38. The van der Waals surface area contributed by atoms with Crippen LogP contribution in [0.25, 0.3) is 11.4 Å². The number of hydrogen-bond donors (Lipinski definition) is 4. The molecule has 0 saturated carbocycles. The average molecular weight is 917 g/mol. The van der Waals surface area contributed by atoms with Gasteiger partial charge in [0, 0.05) is 45.9 Å². The molecule has 4 amide bonds. The third-order valence-electron chi connectivity index (χ3n) is 14.3. The summed E-state index contributed by atoms with van der Waals surface area (Å²) in [7, 11) is 0. The molecule has 4 N–H and O–H groups in total. The number of fused-ring (bicyclic) bond motifs is 12. The first-order chi connectivity index (χ1) is 31.8. The number of benzene rings is 4. The molecule has 18 heteroatoms. The Kier molecular flexibility index (Phi) is 7.90. The second-order valence-electron chi connectivity index (χ2n) is 17.5. The Labute approximate surface area is 373 Å². The van der Waals surface area contributed by atoms with E-state index in [2.05, 4.69) is 0 Å². The van der Waals surface area contributed by atoms with Gasteiger partial charge in [-0.1, -0.05) is 36.4 Å². The van der Waals surface area contributed by atoms with Crippen molar-refractivity contribution in [3.05, 3.63) is 165 Å². The fraction of sp³-hybridized carbons (Fsp3) is 0.184. The highest BCUT2D eigenvalue weighted by Gasteiger charge is 2.73. The van der Waals surface area contributed by atoms with Crippen LogP contribution in [0.2, 0.25) is 0 Å². The monoisotopic (exact) mass is 916 g/mol. The first-order valence-corrected chi connectivity index (χ1v) is 20.9. The normalized spacial score (nSPS) is 21.0. The van der Waals surface area contributed by atoms with Gasteiger partial charge in [-0.25, -0.2) is 9.80 Å². The van der Waals surface area contributed by atoms with Crippen LogP contribution in [0.1, 0.15) is 111 Å². The molecule has 2 aromatic heterocycles. The van der Waals surface area contributed by atoms with Crippen LogP contribution in [0, 0.1) is 0 Å². The van der Waals surface area contributed by atoms with Gasteiger partial charge >= 0.3 is 12.4 Å². The number of allylic oxidation sites excluding steroid dienone is 4. The van der Waals surface area contributed by atoms with E-state index >= 15 is 26.3 Å². The Morgan fingerprint density at radius 2 is 0.687 bits per heavy atom. The van der Waals surface area contributed by atoms with E-state index in [1.807, 2.05) is 24.3 Å². The average Bonchev–Trinajstić information content (AvgIpc) is 4.18. The number of halogens is 6. The molecule has 4 atom stereocenters. The van der Waals surface area contributed by atoms with Gasteiger partial charge < -0.3 is 20.4 Å². The van der Waals surface area contributed by atoms with Crippen LogP contribution in [0.4, 0.5) is 37.7 Å². The molecular weight excluding hydrogens is 887 g/mol. The van der Waals surface area contributed by atoms with Gasteiger partial charge in [-0.3, -0.25) is 28.3 Å². The fourth-order valence-corrected chi connectivity index (χ4v) is 11.3. The molecule has 4 aliphatic carbocycles. The molecule has 0 saturated heterocycles. The minimum absolute atomic E-state index is 0.0854. The second kappa shape index (κ2) is 13.1. The number of aromatic nitrogens is 2. The number of alkyl halides is 6. The van der Waals surface area contributed by atoms with Gasteiger partial charge in [-0.2, -0.15) is 26.3 Å². The lowest BCUT2D eigenvalue weighted by Gasteiger charge is -2.38. The number of hydrogen-bond acceptors (Lipinski definition) is 8. The predicted molar refractivity (Wildman–Crippen MR) is 225 cm³/mol. The number of rotatable bonds is 6. The third-order valence-corrected chi connectivity index (χ3v) is 14.3. The first kappa shape index (κ1) is 40.5. The highest BCUT2D eigenvalue weighted by Crippen LogP contribution is 2.60.